The van der Waals surface area contributed by atoms with Crippen molar-refractivity contribution in [3.63, 3.8) is 0 Å². The highest BCUT2D eigenvalue weighted by Crippen LogP contribution is 2.29. The lowest BCUT2D eigenvalue weighted by molar-refractivity contribution is 0.102. The molecule has 1 fully saturated rings. The summed E-state index contributed by atoms with van der Waals surface area (Å²) in [7, 11) is 5.01. The van der Waals surface area contributed by atoms with Crippen LogP contribution in [0.4, 0.5) is 0 Å². The topological polar surface area (TPSA) is 56.5 Å². The number of rotatable bonds is 6. The molecule has 6 nitrogen and oxygen atoms in total. The average Bonchev–Trinajstić information content (AvgIpc) is 3.03. The summed E-state index contributed by atoms with van der Waals surface area (Å²) in [5.74, 6) is 1.12. The first-order valence-corrected chi connectivity index (χ1v) is 10.7. The molecular weight excluding hydrogens is 390 g/mol. The van der Waals surface area contributed by atoms with Crippen LogP contribution in [0.3, 0.4) is 0 Å². The molecule has 3 aromatic rings. The van der Waals surface area contributed by atoms with Gasteiger partial charge in [0.15, 0.2) is 0 Å². The minimum absolute atomic E-state index is 0.142. The largest absolute Gasteiger partial charge is 0.497 e. The number of carbonyl (C=O) groups is 1. The lowest BCUT2D eigenvalue weighted by Gasteiger charge is -2.32. The zero-order chi connectivity index (χ0) is 22.0. The summed E-state index contributed by atoms with van der Waals surface area (Å²) in [5.41, 5.74) is 3.00. The van der Waals surface area contributed by atoms with E-state index >= 15 is 0 Å². The fraction of sp³-hybridized carbons (Fsp3) is 0.360. The van der Waals surface area contributed by atoms with Crippen LogP contribution in [0.25, 0.3) is 0 Å². The molecule has 4 rings (SSSR count). The fourth-order valence-electron chi connectivity index (χ4n) is 4.49. The number of ether oxygens (including phenoxy) is 1. The van der Waals surface area contributed by atoms with Crippen molar-refractivity contribution in [1.29, 1.82) is 0 Å². The molecule has 0 radical (unpaired) electrons. The lowest BCUT2D eigenvalue weighted by Crippen LogP contribution is -2.34. The molecule has 1 aromatic heterocycles. The molecule has 0 unspecified atom stereocenters. The van der Waals surface area contributed by atoms with E-state index < -0.39 is 0 Å². The van der Waals surface area contributed by atoms with Gasteiger partial charge in [-0.05, 0) is 61.7 Å². The minimum atomic E-state index is -0.175. The molecule has 0 N–H and O–H groups in total. The molecule has 0 spiro atoms. The van der Waals surface area contributed by atoms with Gasteiger partial charge >= 0.3 is 5.69 Å². The Bertz CT molecular complexity index is 1110. The van der Waals surface area contributed by atoms with Gasteiger partial charge in [-0.25, -0.2) is 4.79 Å². The number of carbonyl (C=O) groups excluding carboxylic acids is 1. The number of aromatic nitrogens is 2. The van der Waals surface area contributed by atoms with Crippen LogP contribution >= 0.6 is 0 Å². The van der Waals surface area contributed by atoms with E-state index in [4.69, 9.17) is 4.74 Å². The van der Waals surface area contributed by atoms with Crippen LogP contribution in [-0.4, -0.2) is 40.0 Å². The number of benzene rings is 2. The molecule has 1 saturated heterocycles. The van der Waals surface area contributed by atoms with Crippen molar-refractivity contribution in [2.45, 2.75) is 25.3 Å². The molecule has 162 valence electrons. The summed E-state index contributed by atoms with van der Waals surface area (Å²) in [6.45, 7) is 2.48. The molecule has 0 amide bonds. The van der Waals surface area contributed by atoms with Gasteiger partial charge in [-0.2, -0.15) is 0 Å². The zero-order valence-corrected chi connectivity index (χ0v) is 18.4. The highest BCUT2D eigenvalue weighted by Gasteiger charge is 2.27. The van der Waals surface area contributed by atoms with Crippen LogP contribution in [0.2, 0.25) is 0 Å². The summed E-state index contributed by atoms with van der Waals surface area (Å²) in [5, 5.41) is 0. The lowest BCUT2D eigenvalue weighted by atomic mass is 9.89. The molecule has 0 bridgehead atoms. The maximum atomic E-state index is 13.3. The summed E-state index contributed by atoms with van der Waals surface area (Å²) in [4.78, 5) is 28.3. The fourth-order valence-corrected chi connectivity index (χ4v) is 4.49. The Balaban J connectivity index is 1.54. The average molecular weight is 420 g/mol. The van der Waals surface area contributed by atoms with Gasteiger partial charge in [-0.1, -0.05) is 30.3 Å². The van der Waals surface area contributed by atoms with Crippen molar-refractivity contribution in [3.05, 3.63) is 87.6 Å². The number of methoxy groups -OCH3 is 1. The third-order valence-corrected chi connectivity index (χ3v) is 6.39. The maximum Gasteiger partial charge on any atom is 0.328 e. The predicted octanol–water partition coefficient (Wildman–Crippen LogP) is 3.34. The summed E-state index contributed by atoms with van der Waals surface area (Å²) >= 11 is 0. The molecule has 1 aliphatic heterocycles. The quantitative estimate of drug-likeness (QED) is 0.575. The van der Waals surface area contributed by atoms with E-state index in [-0.39, 0.29) is 11.5 Å². The van der Waals surface area contributed by atoms with Gasteiger partial charge in [0.05, 0.1) is 12.8 Å². The van der Waals surface area contributed by atoms with Gasteiger partial charge in [-0.3, -0.25) is 18.8 Å². The molecular formula is C25H29N3O3. The Morgan fingerprint density at radius 2 is 1.61 bits per heavy atom. The van der Waals surface area contributed by atoms with E-state index in [0.717, 1.165) is 31.6 Å². The molecule has 2 heterocycles. The zero-order valence-electron chi connectivity index (χ0n) is 18.4. The molecule has 0 aliphatic carbocycles. The summed E-state index contributed by atoms with van der Waals surface area (Å²) in [6.07, 6.45) is 2.15. The van der Waals surface area contributed by atoms with E-state index in [0.29, 0.717) is 29.5 Å². The van der Waals surface area contributed by atoms with Gasteiger partial charge in [0.2, 0.25) is 5.78 Å². The van der Waals surface area contributed by atoms with Crippen LogP contribution < -0.4 is 10.4 Å². The second-order valence-electron chi connectivity index (χ2n) is 8.21. The summed E-state index contributed by atoms with van der Waals surface area (Å²) in [6, 6.07) is 17.7. The van der Waals surface area contributed by atoms with Crippen LogP contribution in [0.5, 0.6) is 5.75 Å². The number of hydrogen-bond acceptors (Lipinski definition) is 4. The third-order valence-electron chi connectivity index (χ3n) is 6.39. The van der Waals surface area contributed by atoms with Crippen molar-refractivity contribution in [2.24, 2.45) is 14.1 Å². The van der Waals surface area contributed by atoms with E-state index in [2.05, 4.69) is 35.2 Å². The normalized spacial score (nSPS) is 15.2. The standard InChI is InChI=1S/C25H29N3O3/c1-26-22(17-28-15-13-19(14-16-28)18-7-5-4-6-8-18)23(27(2)25(26)30)24(29)20-9-11-21(31-3)12-10-20/h4-12,19H,13-17H2,1-3H3. The van der Waals surface area contributed by atoms with E-state index in [1.165, 1.54) is 10.1 Å². The van der Waals surface area contributed by atoms with Crippen LogP contribution in [0, 0.1) is 0 Å². The second-order valence-corrected chi connectivity index (χ2v) is 8.21. The van der Waals surface area contributed by atoms with Crippen molar-refractivity contribution >= 4 is 5.78 Å². The van der Waals surface area contributed by atoms with Crippen molar-refractivity contribution in [1.82, 2.24) is 14.0 Å². The Hall–Kier alpha value is -3.12. The second kappa shape index (κ2) is 8.94. The summed E-state index contributed by atoms with van der Waals surface area (Å²) < 4.78 is 8.27. The predicted molar refractivity (Wildman–Crippen MR) is 121 cm³/mol. The number of hydrogen-bond donors (Lipinski definition) is 0. The highest BCUT2D eigenvalue weighted by molar-refractivity contribution is 6.08. The van der Waals surface area contributed by atoms with Gasteiger partial charge in [0, 0.05) is 26.2 Å². The first-order chi connectivity index (χ1) is 15.0. The molecule has 0 atom stereocenters. The number of likely N-dealkylation sites (tertiary alicyclic amines) is 1. The van der Waals surface area contributed by atoms with Crippen molar-refractivity contribution in [3.8, 4) is 5.75 Å². The maximum absolute atomic E-state index is 13.3. The minimum Gasteiger partial charge on any atom is -0.497 e. The molecule has 31 heavy (non-hydrogen) atoms. The van der Waals surface area contributed by atoms with Gasteiger partial charge in [0.25, 0.3) is 0 Å². The molecule has 6 heteroatoms. The monoisotopic (exact) mass is 419 g/mol. The Morgan fingerprint density at radius 3 is 2.23 bits per heavy atom. The van der Waals surface area contributed by atoms with E-state index in [1.807, 2.05) is 0 Å². The van der Waals surface area contributed by atoms with Crippen molar-refractivity contribution in [2.75, 3.05) is 20.2 Å². The van der Waals surface area contributed by atoms with Crippen LogP contribution in [-0.2, 0) is 20.6 Å². The molecule has 0 saturated carbocycles. The van der Waals surface area contributed by atoms with Crippen molar-refractivity contribution < 1.29 is 9.53 Å². The number of piperidine rings is 1. The highest BCUT2D eigenvalue weighted by atomic mass is 16.5. The van der Waals surface area contributed by atoms with E-state index in [1.54, 1.807) is 50.0 Å². The van der Waals surface area contributed by atoms with Crippen LogP contribution in [0.15, 0.2) is 59.4 Å². The molecule has 1 aliphatic rings. The third kappa shape index (κ3) is 4.21. The molecule has 2 aromatic carbocycles. The Labute approximate surface area is 182 Å². The number of nitrogens with zero attached hydrogens (tertiary/aromatic N) is 3. The van der Waals surface area contributed by atoms with Gasteiger partial charge < -0.3 is 4.74 Å². The van der Waals surface area contributed by atoms with Crippen LogP contribution in [0.1, 0.15) is 46.1 Å². The van der Waals surface area contributed by atoms with E-state index in [9.17, 15) is 9.59 Å². The Kier molecular flexibility index (Phi) is 6.09. The first-order valence-electron chi connectivity index (χ1n) is 10.7. The smallest absolute Gasteiger partial charge is 0.328 e. The first kappa shape index (κ1) is 21.1. The number of ketones is 1. The Morgan fingerprint density at radius 1 is 0.968 bits per heavy atom. The number of imidazole rings is 1. The SMILES string of the molecule is COc1ccc(C(=O)c2c(CN3CCC(c4ccccc4)CC3)n(C)c(=O)n2C)cc1. The van der Waals surface area contributed by atoms with Gasteiger partial charge in [-0.15, -0.1) is 0 Å². The van der Waals surface area contributed by atoms with Gasteiger partial charge in [0.1, 0.15) is 11.4 Å².